The first kappa shape index (κ1) is 21.5. The lowest BCUT2D eigenvalue weighted by Gasteiger charge is -2.07. The first-order valence-electron chi connectivity index (χ1n) is 9.69. The van der Waals surface area contributed by atoms with E-state index in [4.69, 9.17) is 9.66 Å². The van der Waals surface area contributed by atoms with Crippen LogP contribution in [0, 0.1) is 11.8 Å². The van der Waals surface area contributed by atoms with E-state index in [1.165, 1.54) is 12.1 Å². The van der Waals surface area contributed by atoms with E-state index in [9.17, 15) is 13.5 Å². The van der Waals surface area contributed by atoms with Gasteiger partial charge in [-0.05, 0) is 55.5 Å². The molecule has 2 aromatic carbocycles. The summed E-state index contributed by atoms with van der Waals surface area (Å²) in [4.78, 5) is 4.20. The molecule has 0 bridgehead atoms. The van der Waals surface area contributed by atoms with Crippen molar-refractivity contribution in [2.75, 3.05) is 0 Å². The molecule has 0 saturated heterocycles. The van der Waals surface area contributed by atoms with Gasteiger partial charge < -0.3 is 14.2 Å². The Morgan fingerprint density at radius 3 is 2.31 bits per heavy atom. The Hall–Kier alpha value is -3.71. The van der Waals surface area contributed by atoms with Crippen LogP contribution in [0.2, 0.25) is 0 Å². The second kappa shape index (κ2) is 8.80. The fourth-order valence-electron chi connectivity index (χ4n) is 3.11. The van der Waals surface area contributed by atoms with Crippen molar-refractivity contribution in [3.63, 3.8) is 0 Å². The first-order valence-corrected chi connectivity index (χ1v) is 11.2. The fraction of sp³-hybridized carbons (Fsp3) is 0.130. The summed E-state index contributed by atoms with van der Waals surface area (Å²) < 4.78 is 29.9. The number of aliphatic hydroxyl groups is 1. The van der Waals surface area contributed by atoms with Gasteiger partial charge in [0.1, 0.15) is 17.6 Å². The van der Waals surface area contributed by atoms with Crippen LogP contribution in [0.4, 0.5) is 0 Å². The van der Waals surface area contributed by atoms with Crippen LogP contribution < -0.4 is 5.14 Å². The Bertz CT molecular complexity index is 1390. The molecule has 0 unspecified atom stereocenters. The normalized spacial score (nSPS) is 12.2. The molecule has 162 valence electrons. The van der Waals surface area contributed by atoms with Crippen LogP contribution in [0.5, 0.6) is 0 Å². The van der Waals surface area contributed by atoms with Crippen molar-refractivity contribution in [3.8, 4) is 23.2 Å². The van der Waals surface area contributed by atoms with Crippen LogP contribution >= 0.6 is 0 Å². The van der Waals surface area contributed by atoms with Gasteiger partial charge in [0.25, 0.3) is 0 Å². The van der Waals surface area contributed by atoms with Crippen LogP contribution in [-0.4, -0.2) is 28.2 Å². The zero-order valence-electron chi connectivity index (χ0n) is 17.1. The van der Waals surface area contributed by atoms with Crippen molar-refractivity contribution in [1.29, 1.82) is 0 Å². The van der Waals surface area contributed by atoms with Gasteiger partial charge in [-0.3, -0.25) is 0 Å². The van der Waals surface area contributed by atoms with Crippen molar-refractivity contribution >= 4 is 10.0 Å². The molecule has 0 aliphatic heterocycles. The zero-order chi connectivity index (χ0) is 22.7. The number of hydrogen-bond acceptors (Lipinski definition) is 6. The molecule has 0 aliphatic rings. The van der Waals surface area contributed by atoms with E-state index in [-0.39, 0.29) is 4.90 Å². The molecule has 0 radical (unpaired) electrons. The third kappa shape index (κ3) is 4.95. The maximum atomic E-state index is 11.3. The van der Waals surface area contributed by atoms with E-state index in [1.54, 1.807) is 31.5 Å². The van der Waals surface area contributed by atoms with Crippen molar-refractivity contribution in [2.24, 2.45) is 5.14 Å². The Kier molecular flexibility index (Phi) is 5.92. The van der Waals surface area contributed by atoms with Crippen molar-refractivity contribution < 1.29 is 18.0 Å². The summed E-state index contributed by atoms with van der Waals surface area (Å²) in [6, 6.07) is 15.4. The Morgan fingerprint density at radius 1 is 1.09 bits per heavy atom. The number of rotatable bonds is 5. The van der Waals surface area contributed by atoms with Crippen molar-refractivity contribution in [2.45, 2.75) is 24.5 Å². The topological polar surface area (TPSA) is 124 Å². The monoisotopic (exact) mass is 448 g/mol. The summed E-state index contributed by atoms with van der Waals surface area (Å²) in [5, 5.41) is 19.0. The molecule has 0 fully saturated rings. The second-order valence-corrected chi connectivity index (χ2v) is 8.73. The molecule has 4 aromatic rings. The minimum Gasteiger partial charge on any atom is -0.385 e. The highest BCUT2D eigenvalue weighted by Gasteiger charge is 2.12. The van der Waals surface area contributed by atoms with Gasteiger partial charge in [0.05, 0.1) is 11.4 Å². The number of benzene rings is 2. The van der Waals surface area contributed by atoms with E-state index in [0.717, 1.165) is 11.1 Å². The first-order chi connectivity index (χ1) is 15.3. The number of hydrogen-bond donors (Lipinski definition) is 2. The van der Waals surface area contributed by atoms with Gasteiger partial charge >= 0.3 is 0 Å². The van der Waals surface area contributed by atoms with Gasteiger partial charge in [0, 0.05) is 35.2 Å². The highest BCUT2D eigenvalue weighted by molar-refractivity contribution is 7.89. The standard InChI is InChI=1S/C23H20N4O4S/c1-16(28)23-25-12-13-27(23)15-20-14-22(31-26-20)19-8-4-17(5-9-19)2-3-18-6-10-21(11-7-18)32(24,29)30/h4-14,16,28H,15H2,1H3,(H2,24,29,30)/t16-/m0/s1. The summed E-state index contributed by atoms with van der Waals surface area (Å²) in [5.74, 6) is 7.22. The van der Waals surface area contributed by atoms with Crippen molar-refractivity contribution in [3.05, 3.63) is 89.6 Å². The quantitative estimate of drug-likeness (QED) is 0.452. The molecule has 9 heteroatoms. The van der Waals surface area contributed by atoms with E-state index in [1.807, 2.05) is 34.9 Å². The van der Waals surface area contributed by atoms with E-state index in [2.05, 4.69) is 22.0 Å². The largest absolute Gasteiger partial charge is 0.385 e. The molecule has 2 heterocycles. The minimum absolute atomic E-state index is 0.0500. The predicted molar refractivity (Wildman–Crippen MR) is 118 cm³/mol. The molecule has 3 N–H and O–H groups in total. The summed E-state index contributed by atoms with van der Waals surface area (Å²) >= 11 is 0. The highest BCUT2D eigenvalue weighted by atomic mass is 32.2. The predicted octanol–water partition coefficient (Wildman–Crippen LogP) is 2.69. The minimum atomic E-state index is -3.71. The van der Waals surface area contributed by atoms with Gasteiger partial charge in [0.2, 0.25) is 10.0 Å². The number of nitrogens with two attached hydrogens (primary N) is 1. The number of aliphatic hydroxyl groups excluding tert-OH is 1. The van der Waals surface area contributed by atoms with Crippen LogP contribution in [0.1, 0.15) is 35.7 Å². The molecule has 1 atom stereocenters. The molecule has 0 amide bonds. The average molecular weight is 449 g/mol. The van der Waals surface area contributed by atoms with Crippen LogP contribution in [0.15, 0.2) is 76.4 Å². The molecule has 32 heavy (non-hydrogen) atoms. The van der Waals surface area contributed by atoms with Gasteiger partial charge in [-0.2, -0.15) is 0 Å². The molecular weight excluding hydrogens is 428 g/mol. The zero-order valence-corrected chi connectivity index (χ0v) is 18.0. The number of primary sulfonamides is 1. The van der Waals surface area contributed by atoms with E-state index < -0.39 is 16.1 Å². The SMILES string of the molecule is C[C@H](O)c1nccn1Cc1cc(-c2ccc(C#Cc3ccc(S(N)(=O)=O)cc3)cc2)on1. The summed E-state index contributed by atoms with van der Waals surface area (Å²) in [5.41, 5.74) is 3.04. The maximum Gasteiger partial charge on any atom is 0.238 e. The molecule has 8 nitrogen and oxygen atoms in total. The van der Waals surface area contributed by atoms with E-state index in [0.29, 0.717) is 29.4 Å². The molecule has 0 aliphatic carbocycles. The summed E-state index contributed by atoms with van der Waals surface area (Å²) in [7, 11) is -3.71. The van der Waals surface area contributed by atoms with Gasteiger partial charge in [-0.15, -0.1) is 0 Å². The smallest absolute Gasteiger partial charge is 0.238 e. The van der Waals surface area contributed by atoms with Gasteiger partial charge in [-0.1, -0.05) is 17.0 Å². The van der Waals surface area contributed by atoms with Crippen LogP contribution in [-0.2, 0) is 16.6 Å². The number of sulfonamides is 1. The highest BCUT2D eigenvalue weighted by Crippen LogP contribution is 2.22. The Balaban J connectivity index is 1.46. The Labute approximate surface area is 185 Å². The molecule has 0 spiro atoms. The van der Waals surface area contributed by atoms with Gasteiger partial charge in [-0.25, -0.2) is 18.5 Å². The number of nitrogens with zero attached hydrogens (tertiary/aromatic N) is 3. The molecule has 4 rings (SSSR count). The summed E-state index contributed by atoms with van der Waals surface area (Å²) in [6.45, 7) is 2.11. The fourth-order valence-corrected chi connectivity index (χ4v) is 3.62. The Morgan fingerprint density at radius 2 is 1.72 bits per heavy atom. The molecular formula is C23H20N4O4S. The maximum absolute atomic E-state index is 11.3. The average Bonchev–Trinajstić information content (AvgIpc) is 3.42. The molecule has 0 saturated carbocycles. The summed E-state index contributed by atoms with van der Waals surface area (Å²) in [6.07, 6.45) is 2.75. The lowest BCUT2D eigenvalue weighted by molar-refractivity contribution is 0.184. The van der Waals surface area contributed by atoms with E-state index >= 15 is 0 Å². The lowest BCUT2D eigenvalue weighted by Crippen LogP contribution is -2.11. The second-order valence-electron chi connectivity index (χ2n) is 7.17. The number of aromatic nitrogens is 3. The number of imidazole rings is 1. The van der Waals surface area contributed by atoms with Crippen molar-refractivity contribution in [1.82, 2.24) is 14.7 Å². The molecule has 2 aromatic heterocycles. The van der Waals surface area contributed by atoms with Gasteiger partial charge in [0.15, 0.2) is 5.76 Å². The van der Waals surface area contributed by atoms with Crippen LogP contribution in [0.25, 0.3) is 11.3 Å². The lowest BCUT2D eigenvalue weighted by atomic mass is 10.1. The third-order valence-corrected chi connectivity index (χ3v) is 5.65. The third-order valence-electron chi connectivity index (χ3n) is 4.72. The van der Waals surface area contributed by atoms with Crippen LogP contribution in [0.3, 0.4) is 0 Å².